The minimum Gasteiger partial charge on any atom is -0.416 e. The number of benzene rings is 5. The number of rotatable bonds is 2. The van der Waals surface area contributed by atoms with Crippen LogP contribution in [0, 0.1) is 0 Å². The van der Waals surface area contributed by atoms with Crippen molar-refractivity contribution in [2.24, 2.45) is 0 Å². The maximum Gasteiger partial charge on any atom is 0.248 e. The quantitative estimate of drug-likeness (QED) is 0.200. The second kappa shape index (κ2) is 8.61. The summed E-state index contributed by atoms with van der Waals surface area (Å²) in [5.74, 6) is 1.05. The van der Waals surface area contributed by atoms with Crippen LogP contribution in [0.15, 0.2) is 118 Å². The summed E-state index contributed by atoms with van der Waals surface area (Å²) in [6.45, 7) is 6.64. The van der Waals surface area contributed by atoms with E-state index in [1.54, 1.807) is 0 Å². The molecule has 0 aliphatic heterocycles. The molecular weight excluding hydrogens is 568 g/mol. The molecule has 2 aliphatic rings. The number of nitrogens with zero attached hydrogens (tertiary/aromatic N) is 2. The third kappa shape index (κ3) is 3.44. The molecule has 0 fully saturated rings. The van der Waals surface area contributed by atoms with Crippen molar-refractivity contribution in [3.63, 3.8) is 0 Å². The fourth-order valence-corrected chi connectivity index (χ4v) is 7.17. The third-order valence-electron chi connectivity index (χ3n) is 8.72. The van der Waals surface area contributed by atoms with Gasteiger partial charge < -0.3 is 4.42 Å². The first-order valence-corrected chi connectivity index (χ1v) is 14.7. The summed E-state index contributed by atoms with van der Waals surface area (Å²) in [4.78, 5) is 0. The van der Waals surface area contributed by atoms with E-state index < -0.39 is 5.41 Å². The van der Waals surface area contributed by atoms with Crippen molar-refractivity contribution in [3.05, 3.63) is 141 Å². The van der Waals surface area contributed by atoms with Crippen molar-refractivity contribution in [3.8, 4) is 45.2 Å². The van der Waals surface area contributed by atoms with Gasteiger partial charge >= 0.3 is 0 Å². The van der Waals surface area contributed by atoms with Gasteiger partial charge in [0, 0.05) is 15.6 Å². The van der Waals surface area contributed by atoms with Gasteiger partial charge in [-0.05, 0) is 91.9 Å². The van der Waals surface area contributed by atoms with E-state index >= 15 is 0 Å². The Balaban J connectivity index is 1.32. The minimum atomic E-state index is -0.427. The van der Waals surface area contributed by atoms with Crippen molar-refractivity contribution in [2.45, 2.75) is 31.6 Å². The van der Waals surface area contributed by atoms with Crippen LogP contribution in [0.4, 0.5) is 0 Å². The second-order valence-corrected chi connectivity index (χ2v) is 12.9. The molecular formula is C37H27BrN2O. The minimum absolute atomic E-state index is 0.0869. The highest BCUT2D eigenvalue weighted by atomic mass is 79.9. The van der Waals surface area contributed by atoms with Crippen LogP contribution < -0.4 is 0 Å². The number of aromatic nitrogens is 2. The van der Waals surface area contributed by atoms with Crippen LogP contribution in [0.5, 0.6) is 0 Å². The molecule has 1 spiro atoms. The Labute approximate surface area is 248 Å². The molecule has 1 heterocycles. The van der Waals surface area contributed by atoms with Crippen LogP contribution in [-0.4, -0.2) is 10.2 Å². The molecule has 3 nitrogen and oxygen atoms in total. The molecule has 0 N–H and O–H groups in total. The van der Waals surface area contributed by atoms with Crippen LogP contribution >= 0.6 is 15.9 Å². The fraction of sp³-hybridized carbons (Fsp3) is 0.135. The summed E-state index contributed by atoms with van der Waals surface area (Å²) in [7, 11) is 0. The van der Waals surface area contributed by atoms with Gasteiger partial charge in [0.05, 0.1) is 5.41 Å². The van der Waals surface area contributed by atoms with Crippen molar-refractivity contribution >= 4 is 15.9 Å². The summed E-state index contributed by atoms with van der Waals surface area (Å²) >= 11 is 3.78. The van der Waals surface area contributed by atoms with Gasteiger partial charge in [-0.2, -0.15) is 0 Å². The number of fused-ring (bicyclic) bond motifs is 10. The highest BCUT2D eigenvalue weighted by Gasteiger charge is 2.51. The molecule has 6 aromatic rings. The van der Waals surface area contributed by atoms with Gasteiger partial charge in [-0.15, -0.1) is 10.2 Å². The molecule has 2 aliphatic carbocycles. The Hall–Kier alpha value is -4.28. The highest BCUT2D eigenvalue weighted by molar-refractivity contribution is 9.10. The van der Waals surface area contributed by atoms with Crippen LogP contribution in [0.25, 0.3) is 45.2 Å². The molecule has 198 valence electrons. The largest absolute Gasteiger partial charge is 0.416 e. The average Bonchev–Trinajstić information content (AvgIpc) is 3.66. The van der Waals surface area contributed by atoms with E-state index in [2.05, 4.69) is 156 Å². The normalized spacial score (nSPS) is 16.4. The molecule has 0 amide bonds. The smallest absolute Gasteiger partial charge is 0.248 e. The number of halogens is 1. The molecule has 0 bridgehead atoms. The number of hydrogen-bond acceptors (Lipinski definition) is 3. The Bertz CT molecular complexity index is 1980. The molecule has 8 rings (SSSR count). The molecule has 4 heteroatoms. The Morgan fingerprint density at radius 3 is 1.71 bits per heavy atom. The molecule has 1 unspecified atom stereocenters. The molecule has 1 atom stereocenters. The van der Waals surface area contributed by atoms with Crippen LogP contribution in [0.2, 0.25) is 0 Å². The van der Waals surface area contributed by atoms with Gasteiger partial charge in [0.1, 0.15) is 0 Å². The molecule has 0 saturated heterocycles. The maximum absolute atomic E-state index is 6.30. The molecule has 41 heavy (non-hydrogen) atoms. The Morgan fingerprint density at radius 1 is 0.561 bits per heavy atom. The topological polar surface area (TPSA) is 38.9 Å². The maximum atomic E-state index is 6.30. The first-order chi connectivity index (χ1) is 19.9. The van der Waals surface area contributed by atoms with Crippen LogP contribution in [-0.2, 0) is 10.8 Å². The standard InChI is InChI=1S/C37H27BrN2O/c1-36(2,3)24-15-12-22(13-16-24)34-39-40-35(41-34)23-14-18-28-26-8-4-6-10-30(26)37(32(28)20-23)31-11-7-5-9-27(31)29-19-17-25(38)21-33(29)37/h4-21H,1-3H3. The predicted octanol–water partition coefficient (Wildman–Crippen LogP) is 9.81. The summed E-state index contributed by atoms with van der Waals surface area (Å²) in [5.41, 5.74) is 13.0. The van der Waals surface area contributed by atoms with E-state index in [4.69, 9.17) is 4.42 Å². The van der Waals surface area contributed by atoms with E-state index in [1.807, 2.05) is 0 Å². The zero-order valence-corrected chi connectivity index (χ0v) is 24.7. The van der Waals surface area contributed by atoms with Crippen LogP contribution in [0.1, 0.15) is 48.6 Å². The lowest BCUT2D eigenvalue weighted by Crippen LogP contribution is -2.25. The van der Waals surface area contributed by atoms with E-state index in [1.165, 1.54) is 50.1 Å². The van der Waals surface area contributed by atoms with Gasteiger partial charge in [0.25, 0.3) is 0 Å². The van der Waals surface area contributed by atoms with Gasteiger partial charge in [-0.3, -0.25) is 0 Å². The molecule has 1 aromatic heterocycles. The molecule has 0 radical (unpaired) electrons. The van der Waals surface area contributed by atoms with E-state index in [0.717, 1.165) is 15.6 Å². The third-order valence-corrected chi connectivity index (χ3v) is 9.21. The average molecular weight is 596 g/mol. The first-order valence-electron chi connectivity index (χ1n) is 13.9. The summed E-state index contributed by atoms with van der Waals surface area (Å²) < 4.78 is 7.37. The van der Waals surface area contributed by atoms with E-state index in [0.29, 0.717) is 11.8 Å². The van der Waals surface area contributed by atoms with E-state index in [-0.39, 0.29) is 5.41 Å². The summed E-state index contributed by atoms with van der Waals surface area (Å²) in [6.07, 6.45) is 0. The lowest BCUT2D eigenvalue weighted by molar-refractivity contribution is 0.582. The Kier molecular flexibility index (Phi) is 5.15. The number of hydrogen-bond donors (Lipinski definition) is 0. The zero-order valence-electron chi connectivity index (χ0n) is 23.1. The lowest BCUT2D eigenvalue weighted by atomic mass is 9.70. The zero-order chi connectivity index (χ0) is 27.9. The van der Waals surface area contributed by atoms with E-state index in [9.17, 15) is 0 Å². The van der Waals surface area contributed by atoms with Gasteiger partial charge in [-0.25, -0.2) is 0 Å². The van der Waals surface area contributed by atoms with Gasteiger partial charge in [0.2, 0.25) is 11.8 Å². The monoisotopic (exact) mass is 594 g/mol. The van der Waals surface area contributed by atoms with Crippen molar-refractivity contribution in [1.29, 1.82) is 0 Å². The van der Waals surface area contributed by atoms with Gasteiger partial charge in [-0.1, -0.05) is 109 Å². The molecule has 5 aromatic carbocycles. The summed E-state index contributed by atoms with van der Waals surface area (Å²) in [6, 6.07) is 39.3. The Morgan fingerprint density at radius 2 is 1.07 bits per heavy atom. The lowest BCUT2D eigenvalue weighted by Gasteiger charge is -2.30. The SMILES string of the molecule is CC(C)(C)c1ccc(-c2nnc(-c3ccc4c(c3)C3(c5ccccc5-c5ccc(Br)cc53)c3ccccc3-4)o2)cc1. The predicted molar refractivity (Wildman–Crippen MR) is 168 cm³/mol. The van der Waals surface area contributed by atoms with Crippen molar-refractivity contribution < 1.29 is 4.42 Å². The second-order valence-electron chi connectivity index (χ2n) is 12.0. The van der Waals surface area contributed by atoms with Crippen molar-refractivity contribution in [1.82, 2.24) is 10.2 Å². The highest BCUT2D eigenvalue weighted by Crippen LogP contribution is 2.63. The molecule has 0 saturated carbocycles. The first kappa shape index (κ1) is 24.5. The van der Waals surface area contributed by atoms with Crippen molar-refractivity contribution in [2.75, 3.05) is 0 Å². The van der Waals surface area contributed by atoms with Crippen LogP contribution in [0.3, 0.4) is 0 Å². The fourth-order valence-electron chi connectivity index (χ4n) is 6.81. The summed E-state index contributed by atoms with van der Waals surface area (Å²) in [5, 5.41) is 8.94. The van der Waals surface area contributed by atoms with Gasteiger partial charge in [0.15, 0.2) is 0 Å².